The van der Waals surface area contributed by atoms with E-state index in [0.717, 1.165) is 12.1 Å². The Labute approximate surface area is 105 Å². The van der Waals surface area contributed by atoms with Crippen molar-refractivity contribution < 1.29 is 9.84 Å². The molecule has 0 aliphatic rings. The number of rotatable bonds is 5. The molecular weight excluding hydrogens is 232 g/mol. The Hall–Kier alpha value is -1.95. The van der Waals surface area contributed by atoms with Crippen LogP contribution in [0.15, 0.2) is 24.5 Å². The minimum atomic E-state index is -0.516. The van der Waals surface area contributed by atoms with E-state index in [1.807, 2.05) is 18.2 Å². The lowest BCUT2D eigenvalue weighted by Gasteiger charge is -2.13. The monoisotopic (exact) mass is 248 g/mol. The maximum atomic E-state index is 9.26. The average Bonchev–Trinajstić information content (AvgIpc) is 2.89. The molecule has 96 valence electrons. The van der Waals surface area contributed by atoms with Gasteiger partial charge in [-0.25, -0.2) is 0 Å². The van der Waals surface area contributed by atoms with Gasteiger partial charge in [0, 0.05) is 0 Å². The van der Waals surface area contributed by atoms with E-state index in [-0.39, 0.29) is 6.61 Å². The first-order valence-electron chi connectivity index (χ1n) is 5.88. The summed E-state index contributed by atoms with van der Waals surface area (Å²) in [5.41, 5.74) is 1.95. The molecule has 1 N–H and O–H groups in total. The van der Waals surface area contributed by atoms with Crippen LogP contribution in [0.3, 0.4) is 0 Å². The number of tetrazole rings is 1. The minimum Gasteiger partial charge on any atom is -0.489 e. The highest BCUT2D eigenvalue weighted by Gasteiger charge is 2.09. The summed E-state index contributed by atoms with van der Waals surface area (Å²) in [6.45, 7) is 3.99. The average molecular weight is 248 g/mol. The third-order valence-electron chi connectivity index (χ3n) is 2.51. The third kappa shape index (κ3) is 2.84. The smallest absolute Gasteiger partial charge is 0.145 e. The first kappa shape index (κ1) is 12.5. The van der Waals surface area contributed by atoms with E-state index in [4.69, 9.17) is 4.74 Å². The molecule has 6 heteroatoms. The summed E-state index contributed by atoms with van der Waals surface area (Å²) in [5.74, 6) is 0.653. The number of aromatic nitrogens is 4. The van der Waals surface area contributed by atoms with Crippen molar-refractivity contribution in [3.63, 3.8) is 0 Å². The highest BCUT2D eigenvalue weighted by atomic mass is 16.5. The van der Waals surface area contributed by atoms with Gasteiger partial charge in [-0.3, -0.25) is 0 Å². The second-order valence-corrected chi connectivity index (χ2v) is 4.07. The molecule has 18 heavy (non-hydrogen) atoms. The summed E-state index contributed by atoms with van der Waals surface area (Å²) in [7, 11) is 0. The van der Waals surface area contributed by atoms with Crippen molar-refractivity contribution in [1.82, 2.24) is 20.2 Å². The normalized spacial score (nSPS) is 12.4. The number of aliphatic hydroxyl groups is 1. The maximum absolute atomic E-state index is 9.26. The number of aliphatic hydroxyl groups excluding tert-OH is 1. The van der Waals surface area contributed by atoms with E-state index in [2.05, 4.69) is 22.4 Å². The lowest BCUT2D eigenvalue weighted by atomic mass is 10.1. The van der Waals surface area contributed by atoms with Crippen LogP contribution >= 0.6 is 0 Å². The zero-order valence-electron chi connectivity index (χ0n) is 10.4. The van der Waals surface area contributed by atoms with Gasteiger partial charge >= 0.3 is 0 Å². The molecule has 0 amide bonds. The molecule has 0 aliphatic carbocycles. The first-order chi connectivity index (χ1) is 8.70. The molecule has 0 aliphatic heterocycles. The SMILES string of the molecule is CCc1ccc(OCC(C)O)c(-n2cnnn2)c1. The fraction of sp³-hybridized carbons (Fsp3) is 0.417. The zero-order valence-corrected chi connectivity index (χ0v) is 10.4. The Morgan fingerprint density at radius 3 is 2.89 bits per heavy atom. The lowest BCUT2D eigenvalue weighted by molar-refractivity contribution is 0.122. The van der Waals surface area contributed by atoms with Crippen LogP contribution < -0.4 is 4.74 Å². The van der Waals surface area contributed by atoms with Crippen molar-refractivity contribution in [2.75, 3.05) is 6.61 Å². The summed E-state index contributed by atoms with van der Waals surface area (Å²) in [6, 6.07) is 5.84. The molecule has 6 nitrogen and oxygen atoms in total. The highest BCUT2D eigenvalue weighted by Crippen LogP contribution is 2.23. The summed E-state index contributed by atoms with van der Waals surface area (Å²) in [4.78, 5) is 0. The fourth-order valence-electron chi connectivity index (χ4n) is 1.57. The van der Waals surface area contributed by atoms with Gasteiger partial charge < -0.3 is 9.84 Å². The number of aryl methyl sites for hydroxylation is 1. The van der Waals surface area contributed by atoms with Gasteiger partial charge in [-0.15, -0.1) is 5.10 Å². The van der Waals surface area contributed by atoms with Crippen molar-refractivity contribution in [2.24, 2.45) is 0 Å². The molecule has 2 rings (SSSR count). The molecular formula is C12H16N4O2. The van der Waals surface area contributed by atoms with E-state index in [9.17, 15) is 5.11 Å². The standard InChI is InChI=1S/C12H16N4O2/c1-3-10-4-5-12(18-7-9(2)17)11(6-10)16-8-13-14-15-16/h4-6,8-9,17H,3,7H2,1-2H3. The molecule has 0 radical (unpaired) electrons. The Kier molecular flexibility index (Phi) is 3.88. The van der Waals surface area contributed by atoms with Gasteiger partial charge in [0.2, 0.25) is 0 Å². The quantitative estimate of drug-likeness (QED) is 0.854. The topological polar surface area (TPSA) is 73.1 Å². The predicted molar refractivity (Wildman–Crippen MR) is 65.7 cm³/mol. The number of ether oxygens (including phenoxy) is 1. The molecule has 0 spiro atoms. The van der Waals surface area contributed by atoms with Gasteiger partial charge in [-0.1, -0.05) is 13.0 Å². The van der Waals surface area contributed by atoms with Gasteiger partial charge in [-0.05, 0) is 41.5 Å². The summed E-state index contributed by atoms with van der Waals surface area (Å²) in [5, 5.41) is 20.4. The van der Waals surface area contributed by atoms with Gasteiger partial charge in [0.05, 0.1) is 6.10 Å². The number of hydrogen-bond acceptors (Lipinski definition) is 5. The molecule has 1 aromatic heterocycles. The molecule has 0 saturated heterocycles. The maximum Gasteiger partial charge on any atom is 0.145 e. The van der Waals surface area contributed by atoms with Crippen molar-refractivity contribution >= 4 is 0 Å². The van der Waals surface area contributed by atoms with E-state index < -0.39 is 6.10 Å². The van der Waals surface area contributed by atoms with E-state index in [1.165, 1.54) is 11.9 Å². The molecule has 1 aromatic carbocycles. The second-order valence-electron chi connectivity index (χ2n) is 4.07. The van der Waals surface area contributed by atoms with Crippen LogP contribution in [0.1, 0.15) is 19.4 Å². The van der Waals surface area contributed by atoms with E-state index >= 15 is 0 Å². The largest absolute Gasteiger partial charge is 0.489 e. The Morgan fingerprint density at radius 1 is 1.44 bits per heavy atom. The lowest BCUT2D eigenvalue weighted by Crippen LogP contribution is -2.14. The molecule has 2 aromatic rings. The molecule has 1 heterocycles. The van der Waals surface area contributed by atoms with Crippen molar-refractivity contribution in [3.8, 4) is 11.4 Å². The minimum absolute atomic E-state index is 0.237. The van der Waals surface area contributed by atoms with Crippen molar-refractivity contribution in [2.45, 2.75) is 26.4 Å². The van der Waals surface area contributed by atoms with E-state index in [0.29, 0.717) is 5.75 Å². The Bertz CT molecular complexity index is 497. The first-order valence-corrected chi connectivity index (χ1v) is 5.88. The van der Waals surface area contributed by atoms with Crippen LogP contribution in [-0.2, 0) is 6.42 Å². The third-order valence-corrected chi connectivity index (χ3v) is 2.51. The van der Waals surface area contributed by atoms with Crippen LogP contribution in [0, 0.1) is 0 Å². The van der Waals surface area contributed by atoms with Gasteiger partial charge in [0.1, 0.15) is 24.4 Å². The Morgan fingerprint density at radius 2 is 2.28 bits per heavy atom. The molecule has 1 atom stereocenters. The van der Waals surface area contributed by atoms with Crippen LogP contribution in [0.2, 0.25) is 0 Å². The van der Waals surface area contributed by atoms with Crippen LogP contribution in [0.4, 0.5) is 0 Å². The summed E-state index contributed by atoms with van der Waals surface area (Å²) < 4.78 is 7.11. The summed E-state index contributed by atoms with van der Waals surface area (Å²) in [6.07, 6.45) is 1.92. The predicted octanol–water partition coefficient (Wildman–Crippen LogP) is 0.984. The second kappa shape index (κ2) is 5.59. The van der Waals surface area contributed by atoms with Crippen LogP contribution in [0.5, 0.6) is 5.75 Å². The number of hydrogen-bond donors (Lipinski definition) is 1. The number of nitrogens with zero attached hydrogens (tertiary/aromatic N) is 4. The van der Waals surface area contributed by atoms with Crippen LogP contribution in [0.25, 0.3) is 5.69 Å². The van der Waals surface area contributed by atoms with E-state index in [1.54, 1.807) is 11.6 Å². The summed E-state index contributed by atoms with van der Waals surface area (Å²) >= 11 is 0. The van der Waals surface area contributed by atoms with Crippen LogP contribution in [-0.4, -0.2) is 38.0 Å². The molecule has 0 saturated carbocycles. The van der Waals surface area contributed by atoms with Gasteiger partial charge in [0.25, 0.3) is 0 Å². The van der Waals surface area contributed by atoms with Gasteiger partial charge in [0.15, 0.2) is 0 Å². The molecule has 0 bridgehead atoms. The molecule has 1 unspecified atom stereocenters. The Balaban J connectivity index is 2.33. The number of benzene rings is 1. The van der Waals surface area contributed by atoms with Crippen molar-refractivity contribution in [1.29, 1.82) is 0 Å². The zero-order chi connectivity index (χ0) is 13.0. The van der Waals surface area contributed by atoms with Crippen molar-refractivity contribution in [3.05, 3.63) is 30.1 Å². The highest BCUT2D eigenvalue weighted by molar-refractivity contribution is 5.48. The van der Waals surface area contributed by atoms with Gasteiger partial charge in [-0.2, -0.15) is 4.68 Å². The fourth-order valence-corrected chi connectivity index (χ4v) is 1.57. The molecule has 0 fully saturated rings.